The maximum absolute atomic E-state index is 6.33. The molecule has 0 N–H and O–H groups in total. The van der Waals surface area contributed by atoms with Gasteiger partial charge in [-0.15, -0.1) is 0 Å². The van der Waals surface area contributed by atoms with E-state index in [0.29, 0.717) is 0 Å². The second-order valence-electron chi connectivity index (χ2n) is 12.4. The molecule has 1 saturated carbocycles. The first kappa shape index (κ1) is 26.9. The van der Waals surface area contributed by atoms with Crippen molar-refractivity contribution in [1.29, 1.82) is 0 Å². The van der Waals surface area contributed by atoms with Crippen LogP contribution in [0.4, 0.5) is 17.1 Å². The minimum absolute atomic E-state index is 0.0234. The first-order chi connectivity index (χ1) is 19.3. The second kappa shape index (κ2) is 10.6. The lowest BCUT2D eigenvalue weighted by molar-refractivity contribution is 0.00578. The van der Waals surface area contributed by atoms with Gasteiger partial charge in [-0.1, -0.05) is 92.1 Å². The molecule has 0 amide bonds. The fraction of sp³-hybridized carbons (Fsp3) is 0.333. The summed E-state index contributed by atoms with van der Waals surface area (Å²) in [5.41, 5.74) is 6.72. The summed E-state index contributed by atoms with van der Waals surface area (Å²) in [7, 11) is -0.331. The summed E-state index contributed by atoms with van der Waals surface area (Å²) in [5.74, 6) is 0. The predicted molar refractivity (Wildman–Crippen MR) is 167 cm³/mol. The molecule has 1 saturated heterocycles. The van der Waals surface area contributed by atoms with Crippen molar-refractivity contribution in [3.63, 3.8) is 0 Å². The van der Waals surface area contributed by atoms with Crippen LogP contribution in [0.5, 0.6) is 0 Å². The van der Waals surface area contributed by atoms with Gasteiger partial charge in [-0.3, -0.25) is 0 Å². The molecule has 4 aromatic carbocycles. The van der Waals surface area contributed by atoms with Gasteiger partial charge < -0.3 is 14.2 Å². The Morgan fingerprint density at radius 1 is 0.525 bits per heavy atom. The largest absolute Gasteiger partial charge is 0.494 e. The van der Waals surface area contributed by atoms with Crippen LogP contribution in [-0.4, -0.2) is 18.3 Å². The molecule has 40 heavy (non-hydrogen) atoms. The number of anilines is 3. The highest BCUT2D eigenvalue weighted by molar-refractivity contribution is 6.62. The molecule has 1 aliphatic carbocycles. The van der Waals surface area contributed by atoms with Crippen LogP contribution in [0.2, 0.25) is 0 Å². The van der Waals surface area contributed by atoms with Gasteiger partial charge in [-0.25, -0.2) is 0 Å². The standard InChI is InChI=1S/C36H40BNO2/c1-34(2)35(3,4)40-37(39-34)30-22-18-28(19-23-30)36(26-12-7-13-27-36)29-20-24-33(25-21-29)38(31-14-8-5-9-15-31)32-16-10-6-11-17-32/h5-6,8-11,14-25H,7,12-13,26-27H2,1-4H3. The average molecular weight is 530 g/mol. The maximum Gasteiger partial charge on any atom is 0.494 e. The van der Waals surface area contributed by atoms with Crippen molar-refractivity contribution in [2.45, 2.75) is 76.4 Å². The Morgan fingerprint density at radius 3 is 1.43 bits per heavy atom. The molecule has 4 aromatic rings. The van der Waals surface area contributed by atoms with Crippen LogP contribution < -0.4 is 10.4 Å². The van der Waals surface area contributed by atoms with Crippen molar-refractivity contribution in [3.8, 4) is 0 Å². The number of hydrogen-bond donors (Lipinski definition) is 0. The van der Waals surface area contributed by atoms with Gasteiger partial charge in [0.05, 0.1) is 11.2 Å². The molecule has 0 bridgehead atoms. The van der Waals surface area contributed by atoms with E-state index in [1.54, 1.807) is 0 Å². The number of rotatable bonds is 6. The molecule has 0 radical (unpaired) electrons. The van der Waals surface area contributed by atoms with E-state index in [4.69, 9.17) is 9.31 Å². The highest BCUT2D eigenvalue weighted by Crippen LogP contribution is 2.46. The van der Waals surface area contributed by atoms with Crippen LogP contribution in [-0.2, 0) is 14.7 Å². The quantitative estimate of drug-likeness (QED) is 0.233. The fourth-order valence-corrected chi connectivity index (χ4v) is 6.37. The molecule has 2 aliphatic rings. The third-order valence-electron chi connectivity index (χ3n) is 9.40. The SMILES string of the molecule is CC1(C)OB(c2ccc(C3(c4ccc(N(c5ccccc5)c5ccccc5)cc4)CCCCC3)cc2)OC1(C)C. The maximum atomic E-state index is 6.33. The van der Waals surface area contributed by atoms with Crippen LogP contribution in [0.1, 0.15) is 70.9 Å². The van der Waals surface area contributed by atoms with Gasteiger partial charge in [0.25, 0.3) is 0 Å². The summed E-state index contributed by atoms with van der Waals surface area (Å²) in [4.78, 5) is 2.33. The zero-order valence-corrected chi connectivity index (χ0v) is 24.3. The van der Waals surface area contributed by atoms with E-state index in [-0.39, 0.29) is 23.7 Å². The Labute approximate surface area is 240 Å². The number of benzene rings is 4. The lowest BCUT2D eigenvalue weighted by atomic mass is 9.64. The van der Waals surface area contributed by atoms with Gasteiger partial charge in [0, 0.05) is 22.5 Å². The minimum Gasteiger partial charge on any atom is -0.399 e. The zero-order chi connectivity index (χ0) is 27.8. The van der Waals surface area contributed by atoms with Gasteiger partial charge in [0.2, 0.25) is 0 Å². The second-order valence-corrected chi connectivity index (χ2v) is 12.4. The van der Waals surface area contributed by atoms with Crippen molar-refractivity contribution >= 4 is 29.6 Å². The third-order valence-corrected chi connectivity index (χ3v) is 9.40. The Morgan fingerprint density at radius 2 is 0.950 bits per heavy atom. The molecular formula is C36H40BNO2. The molecule has 6 rings (SSSR count). The average Bonchev–Trinajstić information content (AvgIpc) is 3.21. The molecule has 0 atom stereocenters. The summed E-state index contributed by atoms with van der Waals surface area (Å²) in [6.45, 7) is 8.44. The van der Waals surface area contributed by atoms with Gasteiger partial charge in [-0.05, 0) is 93.5 Å². The molecule has 0 spiro atoms. The molecule has 3 nitrogen and oxygen atoms in total. The van der Waals surface area contributed by atoms with Gasteiger partial charge in [0.1, 0.15) is 0 Å². The van der Waals surface area contributed by atoms with Crippen LogP contribution in [0.3, 0.4) is 0 Å². The molecule has 1 aliphatic heterocycles. The highest BCUT2D eigenvalue weighted by atomic mass is 16.7. The van der Waals surface area contributed by atoms with Crippen molar-refractivity contribution in [3.05, 3.63) is 120 Å². The summed E-state index contributed by atoms with van der Waals surface area (Å²) in [5, 5.41) is 0. The van der Waals surface area contributed by atoms with E-state index in [1.165, 1.54) is 48.9 Å². The van der Waals surface area contributed by atoms with E-state index in [2.05, 4.69) is 142 Å². The first-order valence-electron chi connectivity index (χ1n) is 14.8. The lowest BCUT2D eigenvalue weighted by Gasteiger charge is -2.39. The topological polar surface area (TPSA) is 21.7 Å². The van der Waals surface area contributed by atoms with Crippen molar-refractivity contribution in [1.82, 2.24) is 0 Å². The van der Waals surface area contributed by atoms with Gasteiger partial charge in [0.15, 0.2) is 0 Å². The minimum atomic E-state index is -0.337. The summed E-state index contributed by atoms with van der Waals surface area (Å²) >= 11 is 0. The predicted octanol–water partition coefficient (Wildman–Crippen LogP) is 8.71. The number of hydrogen-bond acceptors (Lipinski definition) is 3. The molecule has 0 unspecified atom stereocenters. The summed E-state index contributed by atoms with van der Waals surface area (Å²) in [6, 6.07) is 39.6. The van der Waals surface area contributed by atoms with E-state index in [0.717, 1.165) is 16.8 Å². The monoisotopic (exact) mass is 529 g/mol. The molecule has 4 heteroatoms. The smallest absolute Gasteiger partial charge is 0.399 e. The summed E-state index contributed by atoms with van der Waals surface area (Å²) < 4.78 is 12.7. The third kappa shape index (κ3) is 4.89. The number of nitrogens with zero attached hydrogens (tertiary/aromatic N) is 1. The van der Waals surface area contributed by atoms with E-state index in [1.807, 2.05) is 0 Å². The molecular weight excluding hydrogens is 489 g/mol. The number of para-hydroxylation sites is 2. The molecule has 2 fully saturated rings. The Hall–Kier alpha value is -3.34. The molecule has 204 valence electrons. The highest BCUT2D eigenvalue weighted by Gasteiger charge is 2.51. The lowest BCUT2D eigenvalue weighted by Crippen LogP contribution is -2.41. The first-order valence-corrected chi connectivity index (χ1v) is 14.8. The molecule has 0 aromatic heterocycles. The Bertz CT molecular complexity index is 1350. The fourth-order valence-electron chi connectivity index (χ4n) is 6.37. The van der Waals surface area contributed by atoms with Crippen molar-refractivity contribution in [2.75, 3.05) is 4.90 Å². The normalized spacial score (nSPS) is 19.4. The van der Waals surface area contributed by atoms with Gasteiger partial charge >= 0.3 is 7.12 Å². The van der Waals surface area contributed by atoms with E-state index in [9.17, 15) is 0 Å². The zero-order valence-electron chi connectivity index (χ0n) is 24.3. The van der Waals surface area contributed by atoms with Crippen molar-refractivity contribution < 1.29 is 9.31 Å². The van der Waals surface area contributed by atoms with Crippen molar-refractivity contribution in [2.24, 2.45) is 0 Å². The van der Waals surface area contributed by atoms with E-state index >= 15 is 0 Å². The Balaban J connectivity index is 1.33. The van der Waals surface area contributed by atoms with Gasteiger partial charge in [-0.2, -0.15) is 0 Å². The van der Waals surface area contributed by atoms with Crippen LogP contribution in [0.15, 0.2) is 109 Å². The summed E-state index contributed by atoms with van der Waals surface area (Å²) in [6.07, 6.45) is 6.15. The van der Waals surface area contributed by atoms with E-state index < -0.39 is 0 Å². The Kier molecular flexibility index (Phi) is 7.10. The van der Waals surface area contributed by atoms with Crippen LogP contribution in [0, 0.1) is 0 Å². The van der Waals surface area contributed by atoms with Crippen LogP contribution >= 0.6 is 0 Å². The van der Waals surface area contributed by atoms with Crippen LogP contribution in [0.25, 0.3) is 0 Å². The molecule has 1 heterocycles.